The van der Waals surface area contributed by atoms with Crippen LogP contribution in [-0.4, -0.2) is 37.2 Å². The minimum Gasteiger partial charge on any atom is -0.481 e. The number of carboxylic acids is 1. The van der Waals surface area contributed by atoms with Crippen LogP contribution >= 0.6 is 0 Å². The van der Waals surface area contributed by atoms with E-state index in [2.05, 4.69) is 9.64 Å². The summed E-state index contributed by atoms with van der Waals surface area (Å²) in [5, 5.41) is 8.95. The third-order valence-corrected chi connectivity index (χ3v) is 3.50. The van der Waals surface area contributed by atoms with Crippen LogP contribution in [-0.2, 0) is 9.53 Å². The molecule has 5 heteroatoms. The Kier molecular flexibility index (Phi) is 4.04. The molecule has 5 nitrogen and oxygen atoms in total. The number of aliphatic carboxylic acids is 1. The van der Waals surface area contributed by atoms with Crippen LogP contribution in [0.5, 0.6) is 0 Å². The van der Waals surface area contributed by atoms with E-state index in [0.29, 0.717) is 18.4 Å². The van der Waals surface area contributed by atoms with Gasteiger partial charge in [0.05, 0.1) is 18.6 Å². The average molecular weight is 263 g/mol. The van der Waals surface area contributed by atoms with Crippen LogP contribution in [0.3, 0.4) is 0 Å². The van der Waals surface area contributed by atoms with Crippen molar-refractivity contribution in [1.29, 1.82) is 0 Å². The van der Waals surface area contributed by atoms with E-state index in [1.807, 2.05) is 12.1 Å². The molecule has 1 N–H and O–H groups in total. The highest BCUT2D eigenvalue weighted by Gasteiger charge is 2.24. The van der Waals surface area contributed by atoms with Crippen molar-refractivity contribution in [2.24, 2.45) is 5.92 Å². The molecule has 0 radical (unpaired) electrons. The molecule has 0 unspecified atom stereocenters. The van der Waals surface area contributed by atoms with E-state index in [0.717, 1.165) is 18.8 Å². The number of carboxylic acid groups (broad SMARTS) is 1. The first-order valence-corrected chi connectivity index (χ1v) is 6.28. The van der Waals surface area contributed by atoms with Gasteiger partial charge in [-0.2, -0.15) is 0 Å². The third-order valence-electron chi connectivity index (χ3n) is 3.50. The maximum atomic E-state index is 11.3. The number of hydrogen-bond donors (Lipinski definition) is 1. The molecule has 1 saturated heterocycles. The van der Waals surface area contributed by atoms with E-state index in [9.17, 15) is 9.59 Å². The lowest BCUT2D eigenvalue weighted by molar-refractivity contribution is -0.142. The van der Waals surface area contributed by atoms with Crippen molar-refractivity contribution >= 4 is 17.6 Å². The summed E-state index contributed by atoms with van der Waals surface area (Å²) in [6.45, 7) is 1.46. The van der Waals surface area contributed by atoms with E-state index in [1.54, 1.807) is 12.1 Å². The summed E-state index contributed by atoms with van der Waals surface area (Å²) in [7, 11) is 1.35. The zero-order valence-electron chi connectivity index (χ0n) is 10.8. The van der Waals surface area contributed by atoms with Gasteiger partial charge in [0.2, 0.25) is 0 Å². The normalized spacial score (nSPS) is 16.2. The van der Waals surface area contributed by atoms with Gasteiger partial charge in [-0.1, -0.05) is 0 Å². The van der Waals surface area contributed by atoms with Gasteiger partial charge in [0.25, 0.3) is 0 Å². The quantitative estimate of drug-likeness (QED) is 0.842. The van der Waals surface area contributed by atoms with E-state index in [-0.39, 0.29) is 11.9 Å². The minimum absolute atomic E-state index is 0.231. The van der Waals surface area contributed by atoms with Crippen molar-refractivity contribution in [2.75, 3.05) is 25.1 Å². The van der Waals surface area contributed by atoms with Crippen molar-refractivity contribution < 1.29 is 19.4 Å². The van der Waals surface area contributed by atoms with Crippen molar-refractivity contribution in [1.82, 2.24) is 0 Å². The number of piperidine rings is 1. The molecule has 0 spiro atoms. The number of hydrogen-bond acceptors (Lipinski definition) is 4. The van der Waals surface area contributed by atoms with Gasteiger partial charge in [0.15, 0.2) is 0 Å². The van der Waals surface area contributed by atoms with Gasteiger partial charge in [-0.25, -0.2) is 4.79 Å². The number of carbonyl (C=O) groups is 2. The second kappa shape index (κ2) is 5.73. The number of anilines is 1. The van der Waals surface area contributed by atoms with Crippen molar-refractivity contribution in [3.8, 4) is 0 Å². The molecular weight excluding hydrogens is 246 g/mol. The van der Waals surface area contributed by atoms with Crippen LogP contribution < -0.4 is 4.90 Å². The Balaban J connectivity index is 2.00. The van der Waals surface area contributed by atoms with E-state index in [4.69, 9.17) is 5.11 Å². The highest BCUT2D eigenvalue weighted by Crippen LogP contribution is 2.23. The van der Waals surface area contributed by atoms with Gasteiger partial charge >= 0.3 is 11.9 Å². The first kappa shape index (κ1) is 13.4. The lowest BCUT2D eigenvalue weighted by Gasteiger charge is -2.31. The Hall–Kier alpha value is -2.04. The Labute approximate surface area is 111 Å². The molecule has 0 aliphatic carbocycles. The third kappa shape index (κ3) is 3.05. The maximum Gasteiger partial charge on any atom is 0.337 e. The number of benzene rings is 1. The fourth-order valence-corrected chi connectivity index (χ4v) is 2.31. The smallest absolute Gasteiger partial charge is 0.337 e. The molecule has 102 valence electrons. The van der Waals surface area contributed by atoms with Gasteiger partial charge in [-0.15, -0.1) is 0 Å². The van der Waals surface area contributed by atoms with Crippen LogP contribution in [0.25, 0.3) is 0 Å². The SMILES string of the molecule is COC(=O)c1ccc(N2CCC(C(=O)O)CC2)cc1. The predicted molar refractivity (Wildman–Crippen MR) is 70.4 cm³/mol. The average Bonchev–Trinajstić information content (AvgIpc) is 2.46. The molecule has 19 heavy (non-hydrogen) atoms. The molecule has 1 fully saturated rings. The lowest BCUT2D eigenvalue weighted by atomic mass is 9.96. The molecule has 1 aromatic rings. The number of ether oxygens (including phenoxy) is 1. The highest BCUT2D eigenvalue weighted by molar-refractivity contribution is 5.89. The number of carbonyl (C=O) groups excluding carboxylic acids is 1. The summed E-state index contributed by atoms with van der Waals surface area (Å²) in [5.41, 5.74) is 1.53. The first-order chi connectivity index (χ1) is 9.11. The molecule has 1 heterocycles. The van der Waals surface area contributed by atoms with Gasteiger partial charge in [0.1, 0.15) is 0 Å². The fraction of sp³-hybridized carbons (Fsp3) is 0.429. The van der Waals surface area contributed by atoms with Crippen LogP contribution in [0.1, 0.15) is 23.2 Å². The summed E-state index contributed by atoms with van der Waals surface area (Å²) in [6.07, 6.45) is 1.32. The lowest BCUT2D eigenvalue weighted by Crippen LogP contribution is -2.36. The standard InChI is InChI=1S/C14H17NO4/c1-19-14(18)11-2-4-12(5-3-11)15-8-6-10(7-9-15)13(16)17/h2-5,10H,6-9H2,1H3,(H,16,17). The molecule has 0 bridgehead atoms. The summed E-state index contributed by atoms with van der Waals surface area (Å²) in [4.78, 5) is 24.3. The molecule has 0 saturated carbocycles. The van der Waals surface area contributed by atoms with Gasteiger partial charge in [0, 0.05) is 18.8 Å². The maximum absolute atomic E-state index is 11.3. The summed E-state index contributed by atoms with van der Waals surface area (Å²) >= 11 is 0. The second-order valence-corrected chi connectivity index (χ2v) is 4.64. The largest absolute Gasteiger partial charge is 0.481 e. The van der Waals surface area contributed by atoms with Crippen LogP contribution in [0.4, 0.5) is 5.69 Å². The van der Waals surface area contributed by atoms with Gasteiger partial charge < -0.3 is 14.7 Å². The Morgan fingerprint density at radius 2 is 1.79 bits per heavy atom. The first-order valence-electron chi connectivity index (χ1n) is 6.28. The molecule has 2 rings (SSSR count). The van der Waals surface area contributed by atoms with Gasteiger partial charge in [-0.3, -0.25) is 4.79 Å². The number of rotatable bonds is 3. The van der Waals surface area contributed by atoms with Gasteiger partial charge in [-0.05, 0) is 37.1 Å². The van der Waals surface area contributed by atoms with Crippen molar-refractivity contribution in [2.45, 2.75) is 12.8 Å². The number of nitrogens with zero attached hydrogens (tertiary/aromatic N) is 1. The fourth-order valence-electron chi connectivity index (χ4n) is 2.31. The highest BCUT2D eigenvalue weighted by atomic mass is 16.5. The number of esters is 1. The summed E-state index contributed by atoms with van der Waals surface area (Å²) in [5.74, 6) is -1.29. The zero-order valence-corrected chi connectivity index (χ0v) is 10.8. The monoisotopic (exact) mass is 263 g/mol. The molecule has 0 amide bonds. The summed E-state index contributed by atoms with van der Waals surface area (Å²) < 4.78 is 4.64. The summed E-state index contributed by atoms with van der Waals surface area (Å²) in [6, 6.07) is 7.19. The van der Waals surface area contributed by atoms with E-state index in [1.165, 1.54) is 7.11 Å². The van der Waals surface area contributed by atoms with Crippen molar-refractivity contribution in [3.05, 3.63) is 29.8 Å². The molecule has 0 atom stereocenters. The molecule has 0 aromatic heterocycles. The van der Waals surface area contributed by atoms with E-state index < -0.39 is 5.97 Å². The second-order valence-electron chi connectivity index (χ2n) is 4.64. The van der Waals surface area contributed by atoms with E-state index >= 15 is 0 Å². The zero-order chi connectivity index (χ0) is 13.8. The Morgan fingerprint density at radius 3 is 2.26 bits per heavy atom. The predicted octanol–water partition coefficient (Wildman–Crippen LogP) is 1.77. The Morgan fingerprint density at radius 1 is 1.21 bits per heavy atom. The minimum atomic E-state index is -0.708. The molecule has 1 aromatic carbocycles. The van der Waals surface area contributed by atoms with Crippen LogP contribution in [0, 0.1) is 5.92 Å². The van der Waals surface area contributed by atoms with Crippen molar-refractivity contribution in [3.63, 3.8) is 0 Å². The number of methoxy groups -OCH3 is 1. The van der Waals surface area contributed by atoms with Crippen LogP contribution in [0.15, 0.2) is 24.3 Å². The molecule has 1 aliphatic heterocycles. The molecular formula is C14H17NO4. The Bertz CT molecular complexity index is 461. The van der Waals surface area contributed by atoms with Crippen LogP contribution in [0.2, 0.25) is 0 Å². The molecule has 1 aliphatic rings. The topological polar surface area (TPSA) is 66.8 Å².